The summed E-state index contributed by atoms with van der Waals surface area (Å²) in [5.74, 6) is 5.29. The summed E-state index contributed by atoms with van der Waals surface area (Å²) in [4.78, 5) is 0. The fourth-order valence-electron chi connectivity index (χ4n) is 0.779. The molecule has 0 aromatic carbocycles. The SMILES string of the molecule is C=C(C)C(NN)c1cnsn1. The van der Waals surface area contributed by atoms with E-state index in [1.54, 1.807) is 6.20 Å². The number of hydrogen-bond donors (Lipinski definition) is 2. The van der Waals surface area contributed by atoms with Crippen molar-refractivity contribution in [2.75, 3.05) is 0 Å². The largest absolute Gasteiger partial charge is 0.271 e. The molecule has 1 atom stereocenters. The van der Waals surface area contributed by atoms with Gasteiger partial charge in [-0.05, 0) is 6.92 Å². The topological polar surface area (TPSA) is 63.8 Å². The molecule has 11 heavy (non-hydrogen) atoms. The van der Waals surface area contributed by atoms with Gasteiger partial charge in [0.15, 0.2) is 0 Å². The van der Waals surface area contributed by atoms with E-state index in [0.29, 0.717) is 0 Å². The molecule has 0 bridgehead atoms. The molecule has 3 N–H and O–H groups in total. The second kappa shape index (κ2) is 3.56. The Morgan fingerprint density at radius 3 is 3.00 bits per heavy atom. The average Bonchev–Trinajstić information content (AvgIpc) is 2.40. The summed E-state index contributed by atoms with van der Waals surface area (Å²) in [6.45, 7) is 5.67. The minimum Gasteiger partial charge on any atom is -0.271 e. The van der Waals surface area contributed by atoms with Crippen LogP contribution in [0.5, 0.6) is 0 Å². The first-order valence-electron chi connectivity index (χ1n) is 3.14. The van der Waals surface area contributed by atoms with Crippen molar-refractivity contribution in [2.45, 2.75) is 13.0 Å². The van der Waals surface area contributed by atoms with Gasteiger partial charge in [0.1, 0.15) is 0 Å². The van der Waals surface area contributed by atoms with Crippen LogP contribution in [0.15, 0.2) is 18.3 Å². The fourth-order valence-corrected chi connectivity index (χ4v) is 1.23. The third-order valence-electron chi connectivity index (χ3n) is 1.33. The molecule has 0 saturated heterocycles. The number of nitrogens with one attached hydrogen (secondary N) is 1. The summed E-state index contributed by atoms with van der Waals surface area (Å²) in [6.07, 6.45) is 1.68. The lowest BCUT2D eigenvalue weighted by Crippen LogP contribution is -2.28. The number of nitrogens with two attached hydrogens (primary N) is 1. The lowest BCUT2D eigenvalue weighted by molar-refractivity contribution is 0.616. The van der Waals surface area contributed by atoms with Crippen LogP contribution in [-0.2, 0) is 0 Å². The highest BCUT2D eigenvalue weighted by Gasteiger charge is 2.11. The van der Waals surface area contributed by atoms with E-state index in [1.807, 2.05) is 6.92 Å². The van der Waals surface area contributed by atoms with Crippen molar-refractivity contribution >= 4 is 11.7 Å². The van der Waals surface area contributed by atoms with E-state index in [0.717, 1.165) is 23.0 Å². The van der Waals surface area contributed by atoms with E-state index in [2.05, 4.69) is 20.8 Å². The smallest absolute Gasteiger partial charge is 0.0967 e. The van der Waals surface area contributed by atoms with Crippen LogP contribution in [-0.4, -0.2) is 8.75 Å². The monoisotopic (exact) mass is 170 g/mol. The predicted molar refractivity (Wildman–Crippen MR) is 44.8 cm³/mol. The molecule has 1 heterocycles. The first kappa shape index (κ1) is 8.32. The van der Waals surface area contributed by atoms with Crippen LogP contribution >= 0.6 is 11.7 Å². The normalized spacial score (nSPS) is 12.9. The third-order valence-corrected chi connectivity index (χ3v) is 1.83. The van der Waals surface area contributed by atoms with E-state index in [4.69, 9.17) is 5.84 Å². The quantitative estimate of drug-likeness (QED) is 0.396. The molecule has 0 radical (unpaired) electrons. The van der Waals surface area contributed by atoms with E-state index in [-0.39, 0.29) is 6.04 Å². The molecule has 60 valence electrons. The fraction of sp³-hybridized carbons (Fsp3) is 0.333. The molecule has 1 unspecified atom stereocenters. The zero-order chi connectivity index (χ0) is 8.27. The van der Waals surface area contributed by atoms with Gasteiger partial charge < -0.3 is 0 Å². The molecule has 1 aromatic rings. The van der Waals surface area contributed by atoms with Crippen molar-refractivity contribution in [3.8, 4) is 0 Å². The van der Waals surface area contributed by atoms with E-state index < -0.39 is 0 Å². The van der Waals surface area contributed by atoms with Crippen LogP contribution < -0.4 is 11.3 Å². The summed E-state index contributed by atoms with van der Waals surface area (Å²) in [5, 5.41) is 0. The Bertz CT molecular complexity index is 231. The first-order chi connectivity index (χ1) is 5.25. The summed E-state index contributed by atoms with van der Waals surface area (Å²) >= 11 is 1.16. The van der Waals surface area contributed by atoms with Crippen molar-refractivity contribution in [3.63, 3.8) is 0 Å². The molecule has 0 fully saturated rings. The molecular weight excluding hydrogens is 160 g/mol. The second-order valence-corrected chi connectivity index (χ2v) is 2.84. The van der Waals surface area contributed by atoms with Crippen molar-refractivity contribution in [3.05, 3.63) is 24.0 Å². The van der Waals surface area contributed by atoms with Gasteiger partial charge >= 0.3 is 0 Å². The Morgan fingerprint density at radius 2 is 2.64 bits per heavy atom. The lowest BCUT2D eigenvalue weighted by atomic mass is 10.1. The lowest BCUT2D eigenvalue weighted by Gasteiger charge is -2.11. The highest BCUT2D eigenvalue weighted by Crippen LogP contribution is 2.16. The molecule has 0 aliphatic carbocycles. The van der Waals surface area contributed by atoms with Gasteiger partial charge in [0.05, 0.1) is 29.7 Å². The maximum absolute atomic E-state index is 5.29. The molecule has 0 spiro atoms. The van der Waals surface area contributed by atoms with Crippen LogP contribution in [0.2, 0.25) is 0 Å². The van der Waals surface area contributed by atoms with Gasteiger partial charge in [0, 0.05) is 0 Å². The Balaban J connectivity index is 2.79. The van der Waals surface area contributed by atoms with Crippen LogP contribution in [0, 0.1) is 0 Å². The van der Waals surface area contributed by atoms with Gasteiger partial charge in [-0.3, -0.25) is 5.84 Å². The second-order valence-electron chi connectivity index (χ2n) is 2.28. The summed E-state index contributed by atoms with van der Waals surface area (Å²) < 4.78 is 7.90. The molecule has 1 aromatic heterocycles. The number of hydrogen-bond acceptors (Lipinski definition) is 5. The highest BCUT2D eigenvalue weighted by atomic mass is 32.1. The number of aromatic nitrogens is 2. The molecule has 0 amide bonds. The van der Waals surface area contributed by atoms with Crippen molar-refractivity contribution in [2.24, 2.45) is 5.84 Å². The van der Waals surface area contributed by atoms with E-state index in [1.165, 1.54) is 0 Å². The van der Waals surface area contributed by atoms with Gasteiger partial charge in [-0.25, -0.2) is 5.43 Å². The Kier molecular flexibility index (Phi) is 2.70. The number of nitrogens with zero attached hydrogens (tertiary/aromatic N) is 2. The van der Waals surface area contributed by atoms with Crippen molar-refractivity contribution in [1.29, 1.82) is 0 Å². The first-order valence-corrected chi connectivity index (χ1v) is 3.87. The number of rotatable bonds is 3. The minimum absolute atomic E-state index is 0.0752. The highest BCUT2D eigenvalue weighted by molar-refractivity contribution is 6.99. The van der Waals surface area contributed by atoms with Crippen molar-refractivity contribution < 1.29 is 0 Å². The van der Waals surface area contributed by atoms with Gasteiger partial charge in [-0.15, -0.1) is 0 Å². The Labute approximate surface area is 69.4 Å². The zero-order valence-corrected chi connectivity index (χ0v) is 7.06. The summed E-state index contributed by atoms with van der Waals surface area (Å²) in [5.41, 5.74) is 4.36. The van der Waals surface area contributed by atoms with E-state index >= 15 is 0 Å². The number of hydrazine groups is 1. The summed E-state index contributed by atoms with van der Waals surface area (Å²) in [7, 11) is 0. The van der Waals surface area contributed by atoms with Gasteiger partial charge in [0.25, 0.3) is 0 Å². The van der Waals surface area contributed by atoms with Crippen LogP contribution in [0.25, 0.3) is 0 Å². The molecule has 1 rings (SSSR count). The van der Waals surface area contributed by atoms with Crippen molar-refractivity contribution in [1.82, 2.24) is 14.2 Å². The molecule has 0 aliphatic rings. The van der Waals surface area contributed by atoms with Gasteiger partial charge in [-0.1, -0.05) is 12.2 Å². The Hall–Kier alpha value is -0.780. The molecule has 4 nitrogen and oxygen atoms in total. The third kappa shape index (κ3) is 1.83. The zero-order valence-electron chi connectivity index (χ0n) is 6.24. The van der Waals surface area contributed by atoms with Crippen LogP contribution in [0.3, 0.4) is 0 Å². The Morgan fingerprint density at radius 1 is 1.91 bits per heavy atom. The maximum Gasteiger partial charge on any atom is 0.0967 e. The molecule has 5 heteroatoms. The summed E-state index contributed by atoms with van der Waals surface area (Å²) in [6, 6.07) is -0.0752. The van der Waals surface area contributed by atoms with Gasteiger partial charge in [0.2, 0.25) is 0 Å². The predicted octanol–water partition coefficient (Wildman–Crippen LogP) is 0.619. The van der Waals surface area contributed by atoms with Gasteiger partial charge in [-0.2, -0.15) is 8.75 Å². The molecular formula is C6H10N4S. The standard InChI is InChI=1S/C6H10N4S/c1-4(2)6(9-7)5-3-8-11-10-5/h3,6,9H,1,7H2,2H3. The average molecular weight is 170 g/mol. The van der Waals surface area contributed by atoms with E-state index in [9.17, 15) is 0 Å². The maximum atomic E-state index is 5.29. The van der Waals surface area contributed by atoms with Crippen LogP contribution in [0.4, 0.5) is 0 Å². The molecule has 0 saturated carbocycles. The van der Waals surface area contributed by atoms with Crippen LogP contribution in [0.1, 0.15) is 18.7 Å². The minimum atomic E-state index is -0.0752. The molecule has 0 aliphatic heterocycles.